The summed E-state index contributed by atoms with van der Waals surface area (Å²) in [6.45, 7) is 6.63. The number of nitrogens with one attached hydrogen (secondary N) is 1. The van der Waals surface area contributed by atoms with Crippen molar-refractivity contribution >= 4 is 41.1 Å². The molecular formula is C25H28Cl2N4O5. The van der Waals surface area contributed by atoms with Gasteiger partial charge in [-0.25, -0.2) is 9.59 Å². The van der Waals surface area contributed by atoms with Gasteiger partial charge in [0.2, 0.25) is 0 Å². The maximum atomic E-state index is 13.2. The quantitative estimate of drug-likeness (QED) is 0.540. The van der Waals surface area contributed by atoms with Crippen molar-refractivity contribution in [1.82, 2.24) is 20.0 Å². The Morgan fingerprint density at radius 3 is 2.47 bits per heavy atom. The third-order valence-corrected chi connectivity index (χ3v) is 7.03. The zero-order valence-electron chi connectivity index (χ0n) is 20.1. The van der Waals surface area contributed by atoms with E-state index in [1.165, 1.54) is 6.26 Å². The molecule has 3 amide bonds. The number of nitrogens with zero attached hydrogens (tertiary/aromatic N) is 3. The van der Waals surface area contributed by atoms with Crippen molar-refractivity contribution in [2.75, 3.05) is 45.9 Å². The number of hydrogen-bond donors (Lipinski definition) is 1. The number of carbonyl (C=O) groups excluding carboxylic acids is 3. The lowest BCUT2D eigenvalue weighted by Crippen LogP contribution is -2.53. The van der Waals surface area contributed by atoms with E-state index in [2.05, 4.69) is 10.2 Å². The molecule has 1 fully saturated rings. The molecule has 3 heterocycles. The molecule has 0 bridgehead atoms. The monoisotopic (exact) mass is 534 g/mol. The van der Waals surface area contributed by atoms with Crippen LogP contribution in [-0.4, -0.2) is 78.5 Å². The molecule has 1 saturated heterocycles. The van der Waals surface area contributed by atoms with Gasteiger partial charge in [-0.2, -0.15) is 0 Å². The number of carbonyl (C=O) groups is 3. The molecule has 0 radical (unpaired) electrons. The Labute approximate surface area is 219 Å². The van der Waals surface area contributed by atoms with Crippen molar-refractivity contribution in [2.45, 2.75) is 19.9 Å². The molecule has 9 nitrogen and oxygen atoms in total. The number of benzene rings is 1. The number of rotatable bonds is 7. The minimum atomic E-state index is -0.745. The average Bonchev–Trinajstić information content (AvgIpc) is 3.41. The predicted molar refractivity (Wildman–Crippen MR) is 135 cm³/mol. The van der Waals surface area contributed by atoms with E-state index in [4.69, 9.17) is 32.4 Å². The van der Waals surface area contributed by atoms with Crippen molar-refractivity contribution in [2.24, 2.45) is 0 Å². The molecule has 1 unspecified atom stereocenters. The van der Waals surface area contributed by atoms with Gasteiger partial charge in [0.25, 0.3) is 5.91 Å². The maximum absolute atomic E-state index is 13.2. The lowest BCUT2D eigenvalue weighted by atomic mass is 9.94. The highest BCUT2D eigenvalue weighted by Gasteiger charge is 2.39. The molecule has 4 rings (SSSR count). The molecule has 1 atom stereocenters. The van der Waals surface area contributed by atoms with Crippen molar-refractivity contribution in [3.05, 3.63) is 69.2 Å². The molecular weight excluding hydrogens is 507 g/mol. The molecule has 192 valence electrons. The van der Waals surface area contributed by atoms with E-state index >= 15 is 0 Å². The fourth-order valence-corrected chi connectivity index (χ4v) is 4.78. The third-order valence-electron chi connectivity index (χ3n) is 6.29. The molecule has 11 heteroatoms. The fraction of sp³-hybridized carbons (Fsp3) is 0.400. The van der Waals surface area contributed by atoms with Gasteiger partial charge in [0.15, 0.2) is 5.76 Å². The highest BCUT2D eigenvalue weighted by molar-refractivity contribution is 6.42. The van der Waals surface area contributed by atoms with E-state index in [0.29, 0.717) is 71.9 Å². The van der Waals surface area contributed by atoms with Gasteiger partial charge in [0.1, 0.15) is 0 Å². The van der Waals surface area contributed by atoms with E-state index in [1.54, 1.807) is 47.1 Å². The maximum Gasteiger partial charge on any atom is 0.338 e. The van der Waals surface area contributed by atoms with E-state index in [9.17, 15) is 14.4 Å². The lowest BCUT2D eigenvalue weighted by molar-refractivity contribution is -0.139. The van der Waals surface area contributed by atoms with Crippen molar-refractivity contribution < 1.29 is 23.5 Å². The Balaban J connectivity index is 1.63. The van der Waals surface area contributed by atoms with Gasteiger partial charge in [-0.3, -0.25) is 14.6 Å². The third kappa shape index (κ3) is 5.38. The summed E-state index contributed by atoms with van der Waals surface area (Å²) in [7, 11) is 0. The van der Waals surface area contributed by atoms with Crippen LogP contribution in [0.3, 0.4) is 0 Å². The molecule has 0 spiro atoms. The average molecular weight is 535 g/mol. The zero-order chi connectivity index (χ0) is 25.8. The molecule has 2 aromatic rings. The van der Waals surface area contributed by atoms with Crippen LogP contribution in [0.4, 0.5) is 4.79 Å². The van der Waals surface area contributed by atoms with Gasteiger partial charge in [0, 0.05) is 45.0 Å². The number of hydrogen-bond acceptors (Lipinski definition) is 6. The Kier molecular flexibility index (Phi) is 8.23. The van der Waals surface area contributed by atoms with E-state index in [-0.39, 0.29) is 18.5 Å². The summed E-state index contributed by atoms with van der Waals surface area (Å²) in [6, 6.07) is 7.28. The summed E-state index contributed by atoms with van der Waals surface area (Å²) in [5.41, 5.74) is 1.55. The van der Waals surface area contributed by atoms with Crippen LogP contribution in [0.5, 0.6) is 0 Å². The van der Waals surface area contributed by atoms with Crippen LogP contribution < -0.4 is 5.32 Å². The smallest absolute Gasteiger partial charge is 0.338 e. The first-order chi connectivity index (χ1) is 17.3. The van der Waals surface area contributed by atoms with Crippen molar-refractivity contribution in [3.8, 4) is 0 Å². The standard InChI is InChI=1S/C25H28Cl2N4O5/c1-3-31-19(15-29-9-11-30(12-10-29)23(32)20-6-5-13-36-20)21(24(33)35-4-2)22(28-25(31)34)16-7-8-17(26)18(27)14-16/h5-8,13-14,22H,3-4,9-12,15H2,1-2H3,(H,28,34). The second-order valence-corrected chi connectivity index (χ2v) is 9.24. The number of ether oxygens (including phenoxy) is 1. The van der Waals surface area contributed by atoms with Gasteiger partial charge < -0.3 is 19.4 Å². The Morgan fingerprint density at radius 2 is 1.86 bits per heavy atom. The molecule has 36 heavy (non-hydrogen) atoms. The van der Waals surface area contributed by atoms with E-state index < -0.39 is 12.0 Å². The summed E-state index contributed by atoms with van der Waals surface area (Å²) in [4.78, 5) is 44.4. The first-order valence-electron chi connectivity index (χ1n) is 11.8. The first kappa shape index (κ1) is 26.1. The second-order valence-electron chi connectivity index (χ2n) is 8.43. The normalized spacial score (nSPS) is 18.9. The summed E-state index contributed by atoms with van der Waals surface area (Å²) in [5.74, 6) is -0.354. The molecule has 0 aliphatic carbocycles. The van der Waals surface area contributed by atoms with Gasteiger partial charge in [-0.15, -0.1) is 0 Å². The molecule has 1 N–H and O–H groups in total. The largest absolute Gasteiger partial charge is 0.463 e. The molecule has 1 aromatic carbocycles. The summed E-state index contributed by atoms with van der Waals surface area (Å²) < 4.78 is 10.6. The topological polar surface area (TPSA) is 95.3 Å². The summed E-state index contributed by atoms with van der Waals surface area (Å²) >= 11 is 12.3. The molecule has 2 aliphatic heterocycles. The van der Waals surface area contributed by atoms with E-state index in [0.717, 1.165) is 0 Å². The van der Waals surface area contributed by atoms with Crippen LogP contribution in [-0.2, 0) is 9.53 Å². The Hall–Kier alpha value is -3.01. The van der Waals surface area contributed by atoms with Crippen LogP contribution in [0, 0.1) is 0 Å². The van der Waals surface area contributed by atoms with Gasteiger partial charge in [0.05, 0.1) is 34.5 Å². The first-order valence-corrected chi connectivity index (χ1v) is 12.6. The van der Waals surface area contributed by atoms with Crippen molar-refractivity contribution in [3.63, 3.8) is 0 Å². The van der Waals surface area contributed by atoms with Crippen LogP contribution in [0.15, 0.2) is 52.3 Å². The van der Waals surface area contributed by atoms with Gasteiger partial charge in [-0.05, 0) is 43.7 Å². The molecule has 0 saturated carbocycles. The molecule has 2 aliphatic rings. The number of urea groups is 1. The van der Waals surface area contributed by atoms with Crippen LogP contribution in [0.2, 0.25) is 10.0 Å². The summed E-state index contributed by atoms with van der Waals surface area (Å²) in [5, 5.41) is 3.62. The van der Waals surface area contributed by atoms with Gasteiger partial charge >= 0.3 is 12.0 Å². The Bertz CT molecular complexity index is 1160. The van der Waals surface area contributed by atoms with Gasteiger partial charge in [-0.1, -0.05) is 29.3 Å². The number of piperazine rings is 1. The summed E-state index contributed by atoms with van der Waals surface area (Å²) in [6.07, 6.45) is 1.48. The SMILES string of the molecule is CCOC(=O)C1=C(CN2CCN(C(=O)c3ccco3)CC2)N(CC)C(=O)NC1c1ccc(Cl)c(Cl)c1. The minimum Gasteiger partial charge on any atom is -0.463 e. The zero-order valence-corrected chi connectivity index (χ0v) is 21.6. The highest BCUT2D eigenvalue weighted by Crippen LogP contribution is 2.34. The second kappa shape index (κ2) is 11.4. The number of halogens is 2. The Morgan fingerprint density at radius 1 is 1.11 bits per heavy atom. The number of esters is 1. The highest BCUT2D eigenvalue weighted by atomic mass is 35.5. The molecule has 1 aromatic heterocycles. The van der Waals surface area contributed by atoms with Crippen molar-refractivity contribution in [1.29, 1.82) is 0 Å². The predicted octanol–water partition coefficient (Wildman–Crippen LogP) is 3.95. The number of likely N-dealkylation sites (N-methyl/N-ethyl adjacent to an activating group) is 1. The van der Waals surface area contributed by atoms with Crippen LogP contribution in [0.25, 0.3) is 0 Å². The minimum absolute atomic E-state index is 0.155. The number of furan rings is 1. The van der Waals surface area contributed by atoms with E-state index in [1.807, 2.05) is 6.92 Å². The number of amides is 3. The van der Waals surface area contributed by atoms with Crippen LogP contribution in [0.1, 0.15) is 36.0 Å². The lowest BCUT2D eigenvalue weighted by Gasteiger charge is -2.40. The van der Waals surface area contributed by atoms with Crippen LogP contribution >= 0.6 is 23.2 Å². The fourth-order valence-electron chi connectivity index (χ4n) is 4.48.